The summed E-state index contributed by atoms with van der Waals surface area (Å²) in [6, 6.07) is 8.52. The van der Waals surface area contributed by atoms with E-state index in [1.54, 1.807) is 6.26 Å². The summed E-state index contributed by atoms with van der Waals surface area (Å²) in [5.74, 6) is 3.65. The fourth-order valence-electron chi connectivity index (χ4n) is 4.34. The second-order valence-electron chi connectivity index (χ2n) is 7.51. The van der Waals surface area contributed by atoms with E-state index in [0.717, 1.165) is 50.1 Å². The molecular weight excluding hydrogens is 316 g/mol. The molecule has 136 valence electrons. The van der Waals surface area contributed by atoms with Crippen LogP contribution in [-0.4, -0.2) is 48.7 Å². The van der Waals surface area contributed by atoms with Crippen molar-refractivity contribution in [3.8, 4) is 0 Å². The third kappa shape index (κ3) is 3.84. The first-order chi connectivity index (χ1) is 12.2. The van der Waals surface area contributed by atoms with Crippen LogP contribution in [0.2, 0.25) is 0 Å². The van der Waals surface area contributed by atoms with Gasteiger partial charge in [0.15, 0.2) is 0 Å². The zero-order chi connectivity index (χ0) is 17.2. The van der Waals surface area contributed by atoms with E-state index in [1.807, 2.05) is 25.1 Å². The molecular formula is C20H28N2O3. The number of furan rings is 2. The molecule has 2 aromatic heterocycles. The number of hydrogen-bond donors (Lipinski definition) is 0. The van der Waals surface area contributed by atoms with Gasteiger partial charge < -0.3 is 13.6 Å². The predicted molar refractivity (Wildman–Crippen MR) is 95.1 cm³/mol. The van der Waals surface area contributed by atoms with Crippen molar-refractivity contribution in [3.63, 3.8) is 0 Å². The SMILES string of the molecule is Cc1ccc(CN2C[C@@H]3CCCO[C@H]3[C@@H](N(C)Cc3ccco3)C2)o1. The summed E-state index contributed by atoms with van der Waals surface area (Å²) in [6.07, 6.45) is 4.49. The Morgan fingerprint density at radius 2 is 2.12 bits per heavy atom. The zero-order valence-electron chi connectivity index (χ0n) is 15.2. The highest BCUT2D eigenvalue weighted by atomic mass is 16.5. The second kappa shape index (κ2) is 7.36. The number of nitrogens with zero attached hydrogens (tertiary/aromatic N) is 2. The molecule has 4 heterocycles. The van der Waals surface area contributed by atoms with Gasteiger partial charge in [0, 0.05) is 25.7 Å². The van der Waals surface area contributed by atoms with Gasteiger partial charge in [0.05, 0.1) is 25.5 Å². The maximum atomic E-state index is 6.22. The van der Waals surface area contributed by atoms with E-state index in [0.29, 0.717) is 18.1 Å². The molecule has 2 saturated heterocycles. The van der Waals surface area contributed by atoms with Crippen molar-refractivity contribution < 1.29 is 13.6 Å². The van der Waals surface area contributed by atoms with Crippen molar-refractivity contribution in [2.75, 3.05) is 26.7 Å². The van der Waals surface area contributed by atoms with Gasteiger partial charge in [-0.1, -0.05) is 0 Å². The number of hydrogen-bond acceptors (Lipinski definition) is 5. The van der Waals surface area contributed by atoms with Crippen molar-refractivity contribution in [3.05, 3.63) is 47.8 Å². The maximum absolute atomic E-state index is 6.22. The third-order valence-corrected chi connectivity index (χ3v) is 5.54. The van der Waals surface area contributed by atoms with Gasteiger partial charge in [-0.3, -0.25) is 9.80 Å². The Labute approximate surface area is 149 Å². The van der Waals surface area contributed by atoms with E-state index in [1.165, 1.54) is 12.8 Å². The van der Waals surface area contributed by atoms with Gasteiger partial charge in [-0.25, -0.2) is 0 Å². The number of ether oxygens (including phenoxy) is 1. The summed E-state index contributed by atoms with van der Waals surface area (Å²) in [5, 5.41) is 0. The van der Waals surface area contributed by atoms with Crippen LogP contribution >= 0.6 is 0 Å². The summed E-state index contributed by atoms with van der Waals surface area (Å²) in [7, 11) is 2.18. The average molecular weight is 344 g/mol. The normalized spacial score (nSPS) is 27.6. The largest absolute Gasteiger partial charge is 0.468 e. The molecule has 5 nitrogen and oxygen atoms in total. The zero-order valence-corrected chi connectivity index (χ0v) is 15.2. The Bertz CT molecular complexity index is 666. The van der Waals surface area contributed by atoms with Crippen molar-refractivity contribution in [1.82, 2.24) is 9.80 Å². The lowest BCUT2D eigenvalue weighted by Gasteiger charge is -2.48. The first kappa shape index (κ1) is 16.9. The van der Waals surface area contributed by atoms with Gasteiger partial charge >= 0.3 is 0 Å². The molecule has 0 aromatic carbocycles. The molecule has 0 amide bonds. The van der Waals surface area contributed by atoms with Crippen LogP contribution in [0.3, 0.4) is 0 Å². The lowest BCUT2D eigenvalue weighted by molar-refractivity contribution is -0.114. The summed E-state index contributed by atoms with van der Waals surface area (Å²) < 4.78 is 17.6. The Balaban J connectivity index is 1.48. The second-order valence-corrected chi connectivity index (χ2v) is 7.51. The highest BCUT2D eigenvalue weighted by Crippen LogP contribution is 2.32. The third-order valence-electron chi connectivity index (χ3n) is 5.54. The van der Waals surface area contributed by atoms with E-state index in [-0.39, 0.29) is 0 Å². The molecule has 4 rings (SSSR count). The Kier molecular flexibility index (Phi) is 4.97. The average Bonchev–Trinajstić information content (AvgIpc) is 3.26. The summed E-state index contributed by atoms with van der Waals surface area (Å²) in [6.45, 7) is 6.68. The molecule has 5 heteroatoms. The molecule has 2 fully saturated rings. The lowest BCUT2D eigenvalue weighted by atomic mass is 9.84. The Morgan fingerprint density at radius 1 is 1.20 bits per heavy atom. The molecule has 0 unspecified atom stereocenters. The minimum Gasteiger partial charge on any atom is -0.468 e. The van der Waals surface area contributed by atoms with E-state index >= 15 is 0 Å². The number of piperidine rings is 1. The molecule has 0 bridgehead atoms. The molecule has 0 spiro atoms. The molecule has 2 aromatic rings. The van der Waals surface area contributed by atoms with Gasteiger partial charge in [-0.2, -0.15) is 0 Å². The molecule has 0 aliphatic carbocycles. The first-order valence-corrected chi connectivity index (χ1v) is 9.31. The molecule has 25 heavy (non-hydrogen) atoms. The Morgan fingerprint density at radius 3 is 2.88 bits per heavy atom. The Hall–Kier alpha value is -1.56. The van der Waals surface area contributed by atoms with Crippen LogP contribution < -0.4 is 0 Å². The number of fused-ring (bicyclic) bond motifs is 1. The molecule has 3 atom stereocenters. The number of rotatable bonds is 5. The molecule has 2 aliphatic rings. The minimum absolute atomic E-state index is 0.322. The molecule has 0 saturated carbocycles. The molecule has 0 radical (unpaired) electrons. The van der Waals surface area contributed by atoms with Crippen LogP contribution in [0.25, 0.3) is 0 Å². The fraction of sp³-hybridized carbons (Fsp3) is 0.600. The number of likely N-dealkylation sites (N-methyl/N-ethyl adjacent to an activating group) is 1. The fourth-order valence-corrected chi connectivity index (χ4v) is 4.34. The van der Waals surface area contributed by atoms with Crippen LogP contribution in [0, 0.1) is 12.8 Å². The monoisotopic (exact) mass is 344 g/mol. The predicted octanol–water partition coefficient (Wildman–Crippen LogP) is 3.29. The van der Waals surface area contributed by atoms with Crippen LogP contribution in [-0.2, 0) is 17.8 Å². The molecule has 2 aliphatic heterocycles. The van der Waals surface area contributed by atoms with Crippen LogP contribution in [0.1, 0.15) is 30.1 Å². The number of aryl methyl sites for hydroxylation is 1. The summed E-state index contributed by atoms with van der Waals surface area (Å²) in [4.78, 5) is 4.92. The van der Waals surface area contributed by atoms with Crippen molar-refractivity contribution in [2.24, 2.45) is 5.92 Å². The highest BCUT2D eigenvalue weighted by molar-refractivity contribution is 5.07. The maximum Gasteiger partial charge on any atom is 0.118 e. The lowest BCUT2D eigenvalue weighted by Crippen LogP contribution is -2.59. The van der Waals surface area contributed by atoms with E-state index in [2.05, 4.69) is 22.9 Å². The van der Waals surface area contributed by atoms with Gasteiger partial charge in [-0.15, -0.1) is 0 Å². The smallest absolute Gasteiger partial charge is 0.118 e. The minimum atomic E-state index is 0.322. The van der Waals surface area contributed by atoms with Crippen molar-refractivity contribution in [2.45, 2.75) is 45.0 Å². The van der Waals surface area contributed by atoms with E-state index in [4.69, 9.17) is 13.6 Å². The van der Waals surface area contributed by atoms with Crippen molar-refractivity contribution >= 4 is 0 Å². The first-order valence-electron chi connectivity index (χ1n) is 9.31. The van der Waals surface area contributed by atoms with Crippen LogP contribution in [0.5, 0.6) is 0 Å². The number of likely N-dealkylation sites (tertiary alicyclic amines) is 1. The van der Waals surface area contributed by atoms with Crippen molar-refractivity contribution in [1.29, 1.82) is 0 Å². The quantitative estimate of drug-likeness (QED) is 0.832. The topological polar surface area (TPSA) is 42.0 Å². The van der Waals surface area contributed by atoms with Gasteiger partial charge in [-0.05, 0) is 57.0 Å². The van der Waals surface area contributed by atoms with E-state index < -0.39 is 0 Å². The standard InChI is InChI=1S/C20H28N2O3/c1-15-7-8-18(25-15)13-22-11-16-5-3-10-24-20(16)19(14-22)21(2)12-17-6-4-9-23-17/h4,6-9,16,19-20H,3,5,10-14H2,1-2H3/t16-,19-,20+/m0/s1. The van der Waals surface area contributed by atoms with E-state index in [9.17, 15) is 0 Å². The van der Waals surface area contributed by atoms with Crippen LogP contribution in [0.4, 0.5) is 0 Å². The van der Waals surface area contributed by atoms with Gasteiger partial charge in [0.2, 0.25) is 0 Å². The van der Waals surface area contributed by atoms with Gasteiger partial charge in [0.25, 0.3) is 0 Å². The van der Waals surface area contributed by atoms with Crippen LogP contribution in [0.15, 0.2) is 39.4 Å². The molecule has 0 N–H and O–H groups in total. The summed E-state index contributed by atoms with van der Waals surface area (Å²) >= 11 is 0. The highest BCUT2D eigenvalue weighted by Gasteiger charge is 2.41. The van der Waals surface area contributed by atoms with Gasteiger partial charge in [0.1, 0.15) is 17.3 Å². The summed E-state index contributed by atoms with van der Waals surface area (Å²) in [5.41, 5.74) is 0.